The van der Waals surface area contributed by atoms with Crippen LogP contribution in [0, 0.1) is 17.3 Å². The molecule has 1 aliphatic heterocycles. The number of esters is 1. The molecule has 1 heterocycles. The Balaban J connectivity index is 1.35. The van der Waals surface area contributed by atoms with Crippen molar-refractivity contribution in [2.45, 2.75) is 62.3 Å². The average Bonchev–Trinajstić information content (AvgIpc) is 2.51. The van der Waals surface area contributed by atoms with E-state index in [1.165, 1.54) is 19.3 Å². The SMILES string of the molecule is CC(OC(=O)CC12CC3CC(CC(Br)(C3)C1)C2)C(=O)N1CCOCC1. The monoisotopic (exact) mass is 413 g/mol. The molecule has 0 N–H and O–H groups in total. The smallest absolute Gasteiger partial charge is 0.307 e. The minimum absolute atomic E-state index is 0.0897. The van der Waals surface area contributed by atoms with Crippen molar-refractivity contribution in [3.8, 4) is 0 Å². The van der Waals surface area contributed by atoms with Gasteiger partial charge in [-0.05, 0) is 62.7 Å². The van der Waals surface area contributed by atoms with E-state index in [0.717, 1.165) is 31.1 Å². The van der Waals surface area contributed by atoms with Crippen LogP contribution in [0.3, 0.4) is 0 Å². The molecule has 6 heteroatoms. The second kappa shape index (κ2) is 6.52. The van der Waals surface area contributed by atoms with E-state index in [0.29, 0.717) is 32.7 Å². The molecule has 3 atom stereocenters. The number of hydrogen-bond donors (Lipinski definition) is 0. The van der Waals surface area contributed by atoms with Crippen molar-refractivity contribution in [1.29, 1.82) is 0 Å². The maximum atomic E-state index is 12.6. The molecule has 5 rings (SSSR count). The third kappa shape index (κ3) is 3.61. The summed E-state index contributed by atoms with van der Waals surface area (Å²) in [4.78, 5) is 26.8. The fourth-order valence-electron chi connectivity index (χ4n) is 6.18. The quantitative estimate of drug-likeness (QED) is 0.525. The molecule has 1 saturated heterocycles. The van der Waals surface area contributed by atoms with Crippen LogP contribution in [0.4, 0.5) is 0 Å². The van der Waals surface area contributed by atoms with Gasteiger partial charge in [0.2, 0.25) is 0 Å². The summed E-state index contributed by atoms with van der Waals surface area (Å²) < 4.78 is 11.1. The van der Waals surface area contributed by atoms with Crippen LogP contribution < -0.4 is 0 Å². The first-order chi connectivity index (χ1) is 11.9. The molecule has 5 fully saturated rings. The van der Waals surface area contributed by atoms with E-state index < -0.39 is 6.10 Å². The normalized spacial score (nSPS) is 40.8. The summed E-state index contributed by atoms with van der Waals surface area (Å²) in [5.41, 5.74) is 0.0897. The number of carbonyl (C=O) groups excluding carboxylic acids is 2. The highest BCUT2D eigenvalue weighted by atomic mass is 79.9. The molecule has 5 nitrogen and oxygen atoms in total. The molecule has 4 bridgehead atoms. The predicted molar refractivity (Wildman–Crippen MR) is 96.3 cm³/mol. The van der Waals surface area contributed by atoms with Crippen molar-refractivity contribution < 1.29 is 19.1 Å². The van der Waals surface area contributed by atoms with Gasteiger partial charge in [-0.25, -0.2) is 0 Å². The number of morpholine rings is 1. The van der Waals surface area contributed by atoms with Crippen molar-refractivity contribution in [3.63, 3.8) is 0 Å². The van der Waals surface area contributed by atoms with Crippen molar-refractivity contribution in [1.82, 2.24) is 4.90 Å². The number of rotatable bonds is 4. The van der Waals surface area contributed by atoms with Gasteiger partial charge < -0.3 is 14.4 Å². The molecule has 0 radical (unpaired) electrons. The van der Waals surface area contributed by atoms with E-state index >= 15 is 0 Å². The highest BCUT2D eigenvalue weighted by Crippen LogP contribution is 2.65. The summed E-state index contributed by atoms with van der Waals surface area (Å²) in [7, 11) is 0. The van der Waals surface area contributed by atoms with Crippen molar-refractivity contribution in [2.24, 2.45) is 17.3 Å². The zero-order valence-corrected chi connectivity index (χ0v) is 16.6. The number of amides is 1. The van der Waals surface area contributed by atoms with Gasteiger partial charge in [0, 0.05) is 17.4 Å². The number of halogens is 1. The average molecular weight is 414 g/mol. The number of carbonyl (C=O) groups is 2. The van der Waals surface area contributed by atoms with E-state index in [1.54, 1.807) is 11.8 Å². The summed E-state index contributed by atoms with van der Waals surface area (Å²) in [6, 6.07) is 0. The Bertz CT molecular complexity index is 546. The van der Waals surface area contributed by atoms with Crippen LogP contribution in [0.15, 0.2) is 0 Å². The summed E-state index contributed by atoms with van der Waals surface area (Å²) in [5, 5.41) is 0. The standard InChI is InChI=1S/C19H28BrNO4/c1-13(17(23)21-2-4-24-5-3-21)25-16(22)11-18-7-14-6-15(8-18)10-19(20,9-14)12-18/h13-15H,2-12H2,1H3. The minimum atomic E-state index is -0.697. The molecule has 3 unspecified atom stereocenters. The second-order valence-corrected chi connectivity index (χ2v) is 10.5. The van der Waals surface area contributed by atoms with Gasteiger partial charge in [0.1, 0.15) is 0 Å². The molecule has 0 aromatic heterocycles. The van der Waals surface area contributed by atoms with Crippen LogP contribution in [0.2, 0.25) is 0 Å². The van der Waals surface area contributed by atoms with Crippen LogP contribution in [0.25, 0.3) is 0 Å². The third-order valence-corrected chi connectivity index (χ3v) is 7.54. The van der Waals surface area contributed by atoms with Crippen LogP contribution >= 0.6 is 15.9 Å². The molecule has 4 saturated carbocycles. The van der Waals surface area contributed by atoms with E-state index in [9.17, 15) is 9.59 Å². The van der Waals surface area contributed by atoms with Gasteiger partial charge in [-0.15, -0.1) is 0 Å². The molecule has 4 aliphatic carbocycles. The van der Waals surface area contributed by atoms with Crippen molar-refractivity contribution in [3.05, 3.63) is 0 Å². The summed E-state index contributed by atoms with van der Waals surface area (Å²) >= 11 is 3.98. The molecular weight excluding hydrogens is 386 g/mol. The number of alkyl halides is 1. The van der Waals surface area contributed by atoms with Crippen LogP contribution in [0.5, 0.6) is 0 Å². The molecule has 140 valence electrons. The molecule has 25 heavy (non-hydrogen) atoms. The second-order valence-electron chi connectivity index (χ2n) is 8.86. The van der Waals surface area contributed by atoms with E-state index in [-0.39, 0.29) is 21.6 Å². The van der Waals surface area contributed by atoms with Gasteiger partial charge >= 0.3 is 5.97 Å². The van der Waals surface area contributed by atoms with E-state index in [1.807, 2.05) is 0 Å². The molecule has 5 aliphatic rings. The lowest BCUT2D eigenvalue weighted by molar-refractivity contribution is -0.165. The molecular formula is C19H28BrNO4. The van der Waals surface area contributed by atoms with Crippen LogP contribution in [0.1, 0.15) is 51.9 Å². The molecule has 1 amide bonds. The Morgan fingerprint density at radius 3 is 2.44 bits per heavy atom. The lowest BCUT2D eigenvalue weighted by Gasteiger charge is -2.60. The summed E-state index contributed by atoms with van der Waals surface area (Å²) in [6.07, 6.45) is 6.99. The first-order valence-corrected chi connectivity index (χ1v) is 10.4. The first-order valence-electron chi connectivity index (χ1n) is 9.61. The van der Waals surface area contributed by atoms with Crippen LogP contribution in [-0.2, 0) is 19.1 Å². The van der Waals surface area contributed by atoms with Gasteiger partial charge in [-0.2, -0.15) is 0 Å². The number of nitrogens with zero attached hydrogens (tertiary/aromatic N) is 1. The lowest BCUT2D eigenvalue weighted by Crippen LogP contribution is -2.53. The Kier molecular flexibility index (Phi) is 4.64. The molecule has 0 spiro atoms. The fourth-order valence-corrected chi connectivity index (χ4v) is 7.69. The summed E-state index contributed by atoms with van der Waals surface area (Å²) in [5.74, 6) is 1.20. The van der Waals surface area contributed by atoms with Gasteiger partial charge in [0.25, 0.3) is 5.91 Å². The highest BCUT2D eigenvalue weighted by Gasteiger charge is 2.57. The lowest BCUT2D eigenvalue weighted by atomic mass is 9.49. The number of ether oxygens (including phenoxy) is 2. The Labute approximate surface area is 157 Å². The topological polar surface area (TPSA) is 55.8 Å². The Morgan fingerprint density at radius 2 is 1.84 bits per heavy atom. The fraction of sp³-hybridized carbons (Fsp3) is 0.895. The van der Waals surface area contributed by atoms with Crippen molar-refractivity contribution >= 4 is 27.8 Å². The zero-order chi connectivity index (χ0) is 17.7. The molecule has 0 aromatic rings. The largest absolute Gasteiger partial charge is 0.453 e. The summed E-state index contributed by atoms with van der Waals surface area (Å²) in [6.45, 7) is 3.98. The maximum absolute atomic E-state index is 12.6. The van der Waals surface area contributed by atoms with E-state index in [4.69, 9.17) is 9.47 Å². The highest BCUT2D eigenvalue weighted by molar-refractivity contribution is 9.10. The van der Waals surface area contributed by atoms with Gasteiger partial charge in [0.05, 0.1) is 19.6 Å². The molecule has 0 aromatic carbocycles. The van der Waals surface area contributed by atoms with Gasteiger partial charge in [-0.1, -0.05) is 15.9 Å². The Morgan fingerprint density at radius 1 is 1.20 bits per heavy atom. The van der Waals surface area contributed by atoms with Gasteiger partial charge in [0.15, 0.2) is 6.10 Å². The maximum Gasteiger partial charge on any atom is 0.307 e. The third-order valence-electron chi connectivity index (χ3n) is 6.61. The predicted octanol–water partition coefficient (Wildman–Crippen LogP) is 2.90. The van der Waals surface area contributed by atoms with E-state index in [2.05, 4.69) is 15.9 Å². The Hall–Kier alpha value is -0.620. The van der Waals surface area contributed by atoms with Crippen LogP contribution in [-0.4, -0.2) is 53.5 Å². The van der Waals surface area contributed by atoms with Crippen molar-refractivity contribution in [2.75, 3.05) is 26.3 Å². The first kappa shape index (κ1) is 17.8. The zero-order valence-electron chi connectivity index (χ0n) is 15.0. The minimum Gasteiger partial charge on any atom is -0.453 e. The van der Waals surface area contributed by atoms with Gasteiger partial charge in [-0.3, -0.25) is 9.59 Å². The number of hydrogen-bond acceptors (Lipinski definition) is 4.